The molecular formula is C15H22N2O5S. The highest BCUT2D eigenvalue weighted by Crippen LogP contribution is 2.25. The van der Waals surface area contributed by atoms with E-state index in [-0.39, 0.29) is 5.56 Å². The van der Waals surface area contributed by atoms with Gasteiger partial charge in [-0.3, -0.25) is 4.90 Å². The van der Waals surface area contributed by atoms with Crippen LogP contribution >= 0.6 is 0 Å². The van der Waals surface area contributed by atoms with Gasteiger partial charge in [-0.1, -0.05) is 6.92 Å². The molecule has 0 spiro atoms. The summed E-state index contributed by atoms with van der Waals surface area (Å²) in [7, 11) is -1.76. The van der Waals surface area contributed by atoms with Gasteiger partial charge in [0.05, 0.1) is 17.9 Å². The first-order valence-electron chi connectivity index (χ1n) is 7.48. The molecule has 1 aliphatic heterocycles. The molecule has 7 nitrogen and oxygen atoms in total. The molecule has 1 aromatic rings. The maximum atomic E-state index is 12.1. The summed E-state index contributed by atoms with van der Waals surface area (Å²) in [6.07, 6.45) is 0.566. The van der Waals surface area contributed by atoms with Gasteiger partial charge in [0.25, 0.3) is 0 Å². The van der Waals surface area contributed by atoms with Crippen LogP contribution in [0.5, 0.6) is 5.75 Å². The quantitative estimate of drug-likeness (QED) is 0.764. The van der Waals surface area contributed by atoms with Crippen molar-refractivity contribution in [3.63, 3.8) is 0 Å². The molecule has 23 heavy (non-hydrogen) atoms. The molecule has 1 unspecified atom stereocenters. The van der Waals surface area contributed by atoms with Gasteiger partial charge in [0.15, 0.2) is 0 Å². The predicted octanol–water partition coefficient (Wildman–Crippen LogP) is 0.907. The van der Waals surface area contributed by atoms with Crippen LogP contribution in [0.2, 0.25) is 0 Å². The molecule has 0 radical (unpaired) electrons. The Kier molecular flexibility index (Phi) is 5.61. The van der Waals surface area contributed by atoms with E-state index in [0.717, 1.165) is 5.56 Å². The van der Waals surface area contributed by atoms with E-state index in [0.29, 0.717) is 38.3 Å². The number of carboxylic acid groups (broad SMARTS) is 1. The normalized spacial score (nSPS) is 19.0. The summed E-state index contributed by atoms with van der Waals surface area (Å²) in [4.78, 5) is 13.1. The number of aromatic carboxylic acids is 1. The molecule has 0 bridgehead atoms. The number of hydrogen-bond donors (Lipinski definition) is 2. The largest absolute Gasteiger partial charge is 0.496 e. The Balaban J connectivity index is 2.11. The van der Waals surface area contributed by atoms with Crippen molar-refractivity contribution >= 4 is 16.0 Å². The number of likely N-dealkylation sites (tertiary alicyclic amines) is 1. The second-order valence-corrected chi connectivity index (χ2v) is 7.57. The summed E-state index contributed by atoms with van der Waals surface area (Å²) in [5, 5.41) is 8.67. The van der Waals surface area contributed by atoms with Crippen LogP contribution in [0, 0.1) is 0 Å². The third kappa shape index (κ3) is 4.21. The highest BCUT2D eigenvalue weighted by Gasteiger charge is 2.32. The standard InChI is InChI=1S/C15H22N2O5S/c1-3-16-23(20,21)13-6-7-17(10-13)9-12-8-11(15(18)19)4-5-14(12)22-2/h4-5,8,13,16H,3,6-7,9-10H2,1-2H3,(H,18,19). The van der Waals surface area contributed by atoms with Gasteiger partial charge in [0, 0.05) is 25.2 Å². The van der Waals surface area contributed by atoms with Gasteiger partial charge in [-0.25, -0.2) is 17.9 Å². The number of ether oxygens (including phenoxy) is 1. The van der Waals surface area contributed by atoms with Crippen molar-refractivity contribution in [1.82, 2.24) is 9.62 Å². The van der Waals surface area contributed by atoms with Crippen LogP contribution in [0.15, 0.2) is 18.2 Å². The molecule has 0 aromatic heterocycles. The third-order valence-corrected chi connectivity index (χ3v) is 5.89. The lowest BCUT2D eigenvalue weighted by atomic mass is 10.1. The van der Waals surface area contributed by atoms with Gasteiger partial charge in [0.2, 0.25) is 10.0 Å². The van der Waals surface area contributed by atoms with E-state index in [1.54, 1.807) is 19.1 Å². The van der Waals surface area contributed by atoms with Crippen molar-refractivity contribution in [2.45, 2.75) is 25.1 Å². The summed E-state index contributed by atoms with van der Waals surface area (Å²) in [6.45, 7) is 3.67. The first kappa shape index (κ1) is 17.7. The van der Waals surface area contributed by atoms with E-state index in [4.69, 9.17) is 9.84 Å². The molecule has 1 aromatic carbocycles. The lowest BCUT2D eigenvalue weighted by Gasteiger charge is -2.18. The zero-order valence-corrected chi connectivity index (χ0v) is 14.1. The number of nitrogens with one attached hydrogen (secondary N) is 1. The van der Waals surface area contributed by atoms with Crippen LogP contribution in [0.4, 0.5) is 0 Å². The molecule has 1 fully saturated rings. The maximum Gasteiger partial charge on any atom is 0.335 e. The molecule has 128 valence electrons. The van der Waals surface area contributed by atoms with Gasteiger partial charge in [-0.05, 0) is 31.2 Å². The van der Waals surface area contributed by atoms with Gasteiger partial charge >= 0.3 is 5.97 Å². The van der Waals surface area contributed by atoms with Gasteiger partial charge in [-0.2, -0.15) is 0 Å². The molecule has 8 heteroatoms. The minimum absolute atomic E-state index is 0.191. The SMILES string of the molecule is CCNS(=O)(=O)C1CCN(Cc2cc(C(=O)O)ccc2OC)C1. The number of hydrogen-bond acceptors (Lipinski definition) is 5. The summed E-state index contributed by atoms with van der Waals surface area (Å²) in [6, 6.07) is 4.70. The summed E-state index contributed by atoms with van der Waals surface area (Å²) < 4.78 is 31.9. The average Bonchev–Trinajstić information content (AvgIpc) is 2.96. The van der Waals surface area contributed by atoms with Crippen molar-refractivity contribution in [2.24, 2.45) is 0 Å². The van der Waals surface area contributed by atoms with Crippen LogP contribution in [-0.2, 0) is 16.6 Å². The Morgan fingerprint density at radius 2 is 2.22 bits per heavy atom. The second-order valence-electron chi connectivity index (χ2n) is 5.52. The van der Waals surface area contributed by atoms with Crippen molar-refractivity contribution in [1.29, 1.82) is 0 Å². The van der Waals surface area contributed by atoms with E-state index < -0.39 is 21.2 Å². The Hall–Kier alpha value is -1.64. The molecule has 0 amide bonds. The van der Waals surface area contributed by atoms with Crippen LogP contribution < -0.4 is 9.46 Å². The second kappa shape index (κ2) is 7.29. The monoisotopic (exact) mass is 342 g/mol. The predicted molar refractivity (Wildman–Crippen MR) is 86.2 cm³/mol. The van der Waals surface area contributed by atoms with Gasteiger partial charge in [-0.15, -0.1) is 0 Å². The zero-order valence-electron chi connectivity index (χ0n) is 13.3. The molecule has 1 saturated heterocycles. The van der Waals surface area contributed by atoms with Gasteiger partial charge < -0.3 is 9.84 Å². The average molecular weight is 342 g/mol. The van der Waals surface area contributed by atoms with Crippen LogP contribution in [0.3, 0.4) is 0 Å². The molecule has 0 saturated carbocycles. The maximum absolute atomic E-state index is 12.1. The lowest BCUT2D eigenvalue weighted by Crippen LogP contribution is -2.36. The number of nitrogens with zero attached hydrogens (tertiary/aromatic N) is 1. The first-order valence-corrected chi connectivity index (χ1v) is 9.03. The highest BCUT2D eigenvalue weighted by atomic mass is 32.2. The molecule has 2 rings (SSSR count). The van der Waals surface area contributed by atoms with E-state index in [1.807, 2.05) is 4.90 Å². The van der Waals surface area contributed by atoms with Crippen molar-refractivity contribution in [3.8, 4) is 5.75 Å². The number of carboxylic acids is 1. The van der Waals surface area contributed by atoms with Crippen LogP contribution in [-0.4, -0.2) is 56.4 Å². The van der Waals surface area contributed by atoms with Crippen molar-refractivity contribution in [2.75, 3.05) is 26.7 Å². The number of methoxy groups -OCH3 is 1. The topological polar surface area (TPSA) is 95.9 Å². The first-order chi connectivity index (χ1) is 10.9. The molecule has 1 aliphatic rings. The minimum Gasteiger partial charge on any atom is -0.496 e. The zero-order chi connectivity index (χ0) is 17.0. The van der Waals surface area contributed by atoms with E-state index in [9.17, 15) is 13.2 Å². The van der Waals surface area contributed by atoms with Crippen LogP contribution in [0.1, 0.15) is 29.3 Å². The molecular weight excluding hydrogens is 320 g/mol. The van der Waals surface area contributed by atoms with Crippen molar-refractivity contribution < 1.29 is 23.1 Å². The van der Waals surface area contributed by atoms with Crippen molar-refractivity contribution in [3.05, 3.63) is 29.3 Å². The van der Waals surface area contributed by atoms with E-state index in [1.165, 1.54) is 13.2 Å². The fourth-order valence-corrected chi connectivity index (χ4v) is 4.25. The Bertz CT molecular complexity index is 674. The Labute approximate surface area is 136 Å². The Morgan fingerprint density at radius 1 is 1.48 bits per heavy atom. The van der Waals surface area contributed by atoms with Gasteiger partial charge in [0.1, 0.15) is 5.75 Å². The summed E-state index contributed by atoms with van der Waals surface area (Å²) >= 11 is 0. The molecule has 1 heterocycles. The molecule has 2 N–H and O–H groups in total. The Morgan fingerprint density at radius 3 is 2.83 bits per heavy atom. The number of sulfonamides is 1. The summed E-state index contributed by atoms with van der Waals surface area (Å²) in [5.74, 6) is -0.393. The molecule has 1 atom stereocenters. The lowest BCUT2D eigenvalue weighted by molar-refractivity contribution is 0.0696. The van der Waals surface area contributed by atoms with E-state index in [2.05, 4.69) is 4.72 Å². The van der Waals surface area contributed by atoms with E-state index >= 15 is 0 Å². The smallest absolute Gasteiger partial charge is 0.335 e. The van der Waals surface area contributed by atoms with Crippen LogP contribution in [0.25, 0.3) is 0 Å². The summed E-state index contributed by atoms with van der Waals surface area (Å²) in [5.41, 5.74) is 0.936. The number of rotatable bonds is 7. The third-order valence-electron chi connectivity index (χ3n) is 3.93. The fraction of sp³-hybridized carbons (Fsp3) is 0.533. The number of carbonyl (C=O) groups is 1. The molecule has 0 aliphatic carbocycles. The minimum atomic E-state index is -3.29. The highest BCUT2D eigenvalue weighted by molar-refractivity contribution is 7.90. The number of benzene rings is 1. The fourth-order valence-electron chi connectivity index (χ4n) is 2.79.